The van der Waals surface area contributed by atoms with E-state index in [9.17, 15) is 18.4 Å². The van der Waals surface area contributed by atoms with E-state index in [0.29, 0.717) is 33.9 Å². The van der Waals surface area contributed by atoms with Gasteiger partial charge in [-0.1, -0.05) is 36.4 Å². The summed E-state index contributed by atoms with van der Waals surface area (Å²) in [4.78, 5) is 25.3. The molecule has 0 spiro atoms. The molecule has 156 valence electrons. The van der Waals surface area contributed by atoms with Crippen molar-refractivity contribution in [2.75, 3.05) is 17.7 Å². The number of anilines is 2. The molecule has 0 saturated carbocycles. The van der Waals surface area contributed by atoms with Crippen LogP contribution in [0.25, 0.3) is 22.1 Å². The molecule has 0 aliphatic heterocycles. The molecular weight excluding hydrogens is 406 g/mol. The van der Waals surface area contributed by atoms with Crippen molar-refractivity contribution in [3.8, 4) is 16.9 Å². The van der Waals surface area contributed by atoms with Crippen molar-refractivity contribution < 1.29 is 22.7 Å². The molecule has 8 heteroatoms. The number of fused-ring (bicyclic) bond motifs is 1. The molecule has 4 rings (SSSR count). The fourth-order valence-corrected chi connectivity index (χ4v) is 3.25. The number of methoxy groups -OCH3 is 1. The first-order valence-corrected chi connectivity index (χ1v) is 9.20. The van der Waals surface area contributed by atoms with Crippen LogP contribution in [-0.4, -0.2) is 13.1 Å². The zero-order chi connectivity index (χ0) is 22.0. The summed E-state index contributed by atoms with van der Waals surface area (Å²) in [7, 11) is 1.49. The normalized spacial score (nSPS) is 10.7. The third-order valence-corrected chi connectivity index (χ3v) is 4.61. The number of carbonyl (C=O) groups is 1. The zero-order valence-electron chi connectivity index (χ0n) is 16.2. The summed E-state index contributed by atoms with van der Waals surface area (Å²) in [6.45, 7) is 0. The average Bonchev–Trinajstić information content (AvgIpc) is 2.76. The van der Waals surface area contributed by atoms with Crippen molar-refractivity contribution >= 4 is 28.4 Å². The lowest BCUT2D eigenvalue weighted by Gasteiger charge is -2.15. The predicted molar refractivity (Wildman–Crippen MR) is 113 cm³/mol. The van der Waals surface area contributed by atoms with Crippen LogP contribution in [-0.2, 0) is 0 Å². The van der Waals surface area contributed by atoms with Gasteiger partial charge in [0, 0.05) is 22.6 Å². The molecular formula is C23H16F2N2O4. The van der Waals surface area contributed by atoms with E-state index in [1.54, 1.807) is 48.5 Å². The van der Waals surface area contributed by atoms with Crippen molar-refractivity contribution in [2.24, 2.45) is 0 Å². The monoisotopic (exact) mass is 422 g/mol. The Balaban J connectivity index is 1.83. The number of amides is 2. The summed E-state index contributed by atoms with van der Waals surface area (Å²) >= 11 is 0. The highest BCUT2D eigenvalue weighted by Gasteiger charge is 2.21. The maximum atomic E-state index is 13.9. The van der Waals surface area contributed by atoms with E-state index < -0.39 is 23.3 Å². The van der Waals surface area contributed by atoms with Gasteiger partial charge in [-0.15, -0.1) is 0 Å². The number of para-hydroxylation sites is 2. The number of rotatable bonds is 4. The second-order valence-corrected chi connectivity index (χ2v) is 6.54. The number of nitrogens with one attached hydrogen (secondary N) is 2. The van der Waals surface area contributed by atoms with E-state index in [2.05, 4.69) is 10.6 Å². The van der Waals surface area contributed by atoms with Crippen molar-refractivity contribution in [1.82, 2.24) is 0 Å². The summed E-state index contributed by atoms with van der Waals surface area (Å²) in [5.74, 6) is -1.26. The molecule has 2 N–H and O–H groups in total. The highest BCUT2D eigenvalue weighted by atomic mass is 19.1. The molecule has 3 aromatic carbocycles. The van der Waals surface area contributed by atoms with Gasteiger partial charge in [0.25, 0.3) is 0 Å². The van der Waals surface area contributed by atoms with Crippen LogP contribution in [0.2, 0.25) is 0 Å². The number of urea groups is 1. The van der Waals surface area contributed by atoms with Gasteiger partial charge in [0.1, 0.15) is 28.7 Å². The van der Waals surface area contributed by atoms with Crippen molar-refractivity contribution in [3.05, 3.63) is 88.8 Å². The molecule has 4 aromatic rings. The van der Waals surface area contributed by atoms with Gasteiger partial charge in [0.05, 0.1) is 12.8 Å². The van der Waals surface area contributed by atoms with Crippen LogP contribution < -0.4 is 21.0 Å². The summed E-state index contributed by atoms with van der Waals surface area (Å²) in [6, 6.07) is 15.7. The van der Waals surface area contributed by atoms with Gasteiger partial charge in [-0.05, 0) is 24.3 Å². The first-order valence-electron chi connectivity index (χ1n) is 9.20. The molecule has 0 fully saturated rings. The number of ether oxygens (including phenoxy) is 1. The summed E-state index contributed by atoms with van der Waals surface area (Å²) in [5, 5.41) is 5.27. The Morgan fingerprint density at radius 2 is 1.71 bits per heavy atom. The number of hydrogen-bond donors (Lipinski definition) is 2. The Morgan fingerprint density at radius 3 is 2.48 bits per heavy atom. The van der Waals surface area contributed by atoms with Gasteiger partial charge in [-0.2, -0.15) is 0 Å². The van der Waals surface area contributed by atoms with Crippen LogP contribution in [0, 0.1) is 11.6 Å². The second kappa shape index (κ2) is 8.27. The average molecular weight is 422 g/mol. The van der Waals surface area contributed by atoms with E-state index in [1.165, 1.54) is 7.11 Å². The minimum absolute atomic E-state index is 0.150. The van der Waals surface area contributed by atoms with Crippen LogP contribution in [0.3, 0.4) is 0 Å². The minimum Gasteiger partial charge on any atom is -0.496 e. The molecule has 0 atom stereocenters. The van der Waals surface area contributed by atoms with E-state index in [-0.39, 0.29) is 11.4 Å². The lowest BCUT2D eigenvalue weighted by atomic mass is 9.99. The Bertz CT molecular complexity index is 1350. The third kappa shape index (κ3) is 3.95. The highest BCUT2D eigenvalue weighted by Crippen LogP contribution is 2.38. The fourth-order valence-electron chi connectivity index (χ4n) is 3.25. The largest absolute Gasteiger partial charge is 0.496 e. The lowest BCUT2D eigenvalue weighted by molar-refractivity contribution is 0.262. The second-order valence-electron chi connectivity index (χ2n) is 6.54. The number of hydrogen-bond acceptors (Lipinski definition) is 4. The molecule has 31 heavy (non-hydrogen) atoms. The minimum atomic E-state index is -0.953. The highest BCUT2D eigenvalue weighted by molar-refractivity contribution is 6.07. The molecule has 0 aliphatic carbocycles. The molecule has 0 unspecified atom stereocenters. The first-order chi connectivity index (χ1) is 15.0. The quantitative estimate of drug-likeness (QED) is 0.432. The van der Waals surface area contributed by atoms with E-state index in [4.69, 9.17) is 9.15 Å². The standard InChI is InChI=1S/C23H16F2N2O4/c1-30-18-8-4-2-6-14(18)20-15-7-3-5-9-19(15)31-22(28)21(20)27-23(29)26-17-11-10-13(24)12-16(17)25/h2-12H,1H3,(H2,26,27,29). The van der Waals surface area contributed by atoms with Gasteiger partial charge in [-0.3, -0.25) is 0 Å². The van der Waals surface area contributed by atoms with Crippen LogP contribution >= 0.6 is 0 Å². The zero-order valence-corrected chi connectivity index (χ0v) is 16.2. The summed E-state index contributed by atoms with van der Waals surface area (Å²) in [6.07, 6.45) is 0. The van der Waals surface area contributed by atoms with Crippen LogP contribution in [0.1, 0.15) is 0 Å². The van der Waals surface area contributed by atoms with E-state index >= 15 is 0 Å². The first kappa shape index (κ1) is 20.1. The molecule has 0 saturated heterocycles. The van der Waals surface area contributed by atoms with Gasteiger partial charge >= 0.3 is 11.7 Å². The van der Waals surface area contributed by atoms with Crippen molar-refractivity contribution in [3.63, 3.8) is 0 Å². The van der Waals surface area contributed by atoms with Gasteiger partial charge in [0.2, 0.25) is 0 Å². The van der Waals surface area contributed by atoms with Gasteiger partial charge < -0.3 is 19.8 Å². The van der Waals surface area contributed by atoms with Crippen LogP contribution in [0.5, 0.6) is 5.75 Å². The molecule has 1 heterocycles. The van der Waals surface area contributed by atoms with Gasteiger partial charge in [-0.25, -0.2) is 18.4 Å². The fraction of sp³-hybridized carbons (Fsp3) is 0.0435. The molecule has 6 nitrogen and oxygen atoms in total. The van der Waals surface area contributed by atoms with Gasteiger partial charge in [0.15, 0.2) is 0 Å². The number of benzene rings is 3. The molecule has 0 bridgehead atoms. The number of carbonyl (C=O) groups excluding carboxylic acids is 1. The lowest BCUT2D eigenvalue weighted by Crippen LogP contribution is -2.24. The smallest absolute Gasteiger partial charge is 0.360 e. The summed E-state index contributed by atoms with van der Waals surface area (Å²) in [5.41, 5.74) is 0.0702. The Labute approximate surface area is 175 Å². The molecule has 2 amide bonds. The summed E-state index contributed by atoms with van der Waals surface area (Å²) < 4.78 is 37.8. The SMILES string of the molecule is COc1ccccc1-c1c(NC(=O)Nc2ccc(F)cc2F)c(=O)oc2ccccc12. The topological polar surface area (TPSA) is 80.6 Å². The van der Waals surface area contributed by atoms with Crippen LogP contribution in [0.15, 0.2) is 75.9 Å². The van der Waals surface area contributed by atoms with E-state index in [0.717, 1.165) is 12.1 Å². The predicted octanol–water partition coefficient (Wildman–Crippen LogP) is 5.39. The van der Waals surface area contributed by atoms with Crippen molar-refractivity contribution in [2.45, 2.75) is 0 Å². The molecule has 1 aromatic heterocycles. The molecule has 0 radical (unpaired) electrons. The maximum absolute atomic E-state index is 13.9. The Hall–Kier alpha value is -4.20. The maximum Gasteiger partial charge on any atom is 0.360 e. The Kier molecular flexibility index (Phi) is 5.36. The van der Waals surface area contributed by atoms with E-state index in [1.807, 2.05) is 0 Å². The molecule has 0 aliphatic rings. The van der Waals surface area contributed by atoms with Crippen LogP contribution in [0.4, 0.5) is 25.0 Å². The van der Waals surface area contributed by atoms with Crippen molar-refractivity contribution in [1.29, 1.82) is 0 Å². The number of halogens is 2. The Morgan fingerprint density at radius 1 is 0.968 bits per heavy atom. The third-order valence-electron chi connectivity index (χ3n) is 4.61.